The molecule has 0 N–H and O–H groups in total. The summed E-state index contributed by atoms with van der Waals surface area (Å²) in [5.74, 6) is -1.62. The highest BCUT2D eigenvalue weighted by Gasteiger charge is 2.58. The SMILES string of the molecule is C=C(OS(=O)(=O)C(F)(F)F)C1(C(=O)OC)CC1. The summed E-state index contributed by atoms with van der Waals surface area (Å²) >= 11 is 0. The number of esters is 1. The molecule has 0 aromatic rings. The van der Waals surface area contributed by atoms with Crippen LogP contribution in [0.1, 0.15) is 12.8 Å². The fourth-order valence-corrected chi connectivity index (χ4v) is 1.70. The first kappa shape index (κ1) is 13.8. The summed E-state index contributed by atoms with van der Waals surface area (Å²) in [5, 5.41) is 0. The fourth-order valence-electron chi connectivity index (χ4n) is 1.18. The lowest BCUT2D eigenvalue weighted by molar-refractivity contribution is -0.146. The Kier molecular flexibility index (Phi) is 3.17. The Bertz CT molecular complexity index is 446. The molecule has 0 aliphatic heterocycles. The van der Waals surface area contributed by atoms with Crippen LogP contribution >= 0.6 is 0 Å². The quantitative estimate of drug-likeness (QED) is 0.335. The molecule has 1 fully saturated rings. The molecule has 0 unspecified atom stereocenters. The molecule has 0 saturated heterocycles. The van der Waals surface area contributed by atoms with Crippen LogP contribution in [-0.4, -0.2) is 27.0 Å². The second-order valence-electron chi connectivity index (χ2n) is 3.48. The Labute approximate surface area is 95.3 Å². The van der Waals surface area contributed by atoms with Gasteiger partial charge >= 0.3 is 21.6 Å². The third-order valence-corrected chi connectivity index (χ3v) is 3.34. The number of carbonyl (C=O) groups excluding carboxylic acids is 1. The second kappa shape index (κ2) is 3.90. The molecule has 0 amide bonds. The molecule has 0 spiro atoms. The van der Waals surface area contributed by atoms with Gasteiger partial charge in [-0.15, -0.1) is 0 Å². The fraction of sp³-hybridized carbons (Fsp3) is 0.625. The van der Waals surface area contributed by atoms with Crippen LogP contribution < -0.4 is 0 Å². The van der Waals surface area contributed by atoms with E-state index in [0.717, 1.165) is 7.11 Å². The van der Waals surface area contributed by atoms with Gasteiger partial charge in [0.25, 0.3) is 0 Å². The topological polar surface area (TPSA) is 69.7 Å². The van der Waals surface area contributed by atoms with Crippen LogP contribution in [0, 0.1) is 5.41 Å². The van der Waals surface area contributed by atoms with Gasteiger partial charge in [-0.1, -0.05) is 6.58 Å². The number of methoxy groups -OCH3 is 1. The molecule has 0 aromatic carbocycles. The molecule has 9 heteroatoms. The van der Waals surface area contributed by atoms with Gasteiger partial charge in [-0.2, -0.15) is 21.6 Å². The highest BCUT2D eigenvalue weighted by Crippen LogP contribution is 2.53. The van der Waals surface area contributed by atoms with Crippen LogP contribution in [0.25, 0.3) is 0 Å². The van der Waals surface area contributed by atoms with Crippen molar-refractivity contribution in [2.45, 2.75) is 18.3 Å². The van der Waals surface area contributed by atoms with E-state index in [0.29, 0.717) is 0 Å². The largest absolute Gasteiger partial charge is 0.534 e. The van der Waals surface area contributed by atoms with Gasteiger partial charge < -0.3 is 8.92 Å². The summed E-state index contributed by atoms with van der Waals surface area (Å²) in [6.45, 7) is 3.05. The molecule has 1 aliphatic rings. The molecule has 0 radical (unpaired) electrons. The Morgan fingerprint density at radius 3 is 2.12 bits per heavy atom. The maximum Gasteiger partial charge on any atom is 0.534 e. The normalized spacial score (nSPS) is 18.4. The highest BCUT2D eigenvalue weighted by atomic mass is 32.2. The van der Waals surface area contributed by atoms with Crippen LogP contribution in [0.5, 0.6) is 0 Å². The van der Waals surface area contributed by atoms with Crippen molar-refractivity contribution in [1.82, 2.24) is 0 Å². The van der Waals surface area contributed by atoms with Crippen molar-refractivity contribution >= 4 is 16.1 Å². The van der Waals surface area contributed by atoms with E-state index in [9.17, 15) is 26.4 Å². The highest BCUT2D eigenvalue weighted by molar-refractivity contribution is 7.87. The minimum Gasteiger partial charge on any atom is -0.468 e. The molecule has 0 heterocycles. The van der Waals surface area contributed by atoms with Crippen molar-refractivity contribution in [3.8, 4) is 0 Å². The third-order valence-electron chi connectivity index (χ3n) is 2.35. The first-order valence-electron chi connectivity index (χ1n) is 4.35. The van der Waals surface area contributed by atoms with Gasteiger partial charge in [0.15, 0.2) is 0 Å². The van der Waals surface area contributed by atoms with E-state index in [1.807, 2.05) is 0 Å². The number of alkyl halides is 3. The van der Waals surface area contributed by atoms with Crippen molar-refractivity contribution in [3.63, 3.8) is 0 Å². The molecule has 5 nitrogen and oxygen atoms in total. The first-order valence-corrected chi connectivity index (χ1v) is 5.76. The maximum absolute atomic E-state index is 12.0. The zero-order valence-corrected chi connectivity index (χ0v) is 9.52. The smallest absolute Gasteiger partial charge is 0.468 e. The number of halogens is 3. The molecule has 17 heavy (non-hydrogen) atoms. The summed E-state index contributed by atoms with van der Waals surface area (Å²) in [5.41, 5.74) is -7.02. The molecule has 0 aromatic heterocycles. The average molecular weight is 274 g/mol. The molecule has 1 saturated carbocycles. The molecule has 0 atom stereocenters. The van der Waals surface area contributed by atoms with Crippen molar-refractivity contribution in [2.75, 3.05) is 7.11 Å². The van der Waals surface area contributed by atoms with Crippen molar-refractivity contribution in [2.24, 2.45) is 5.41 Å². The number of hydrogen-bond donors (Lipinski definition) is 0. The second-order valence-corrected chi connectivity index (χ2v) is 5.02. The number of ether oxygens (including phenoxy) is 1. The average Bonchev–Trinajstić information content (AvgIpc) is 2.94. The van der Waals surface area contributed by atoms with Crippen LogP contribution in [0.4, 0.5) is 13.2 Å². The zero-order chi connectivity index (χ0) is 13.5. The molecule has 0 bridgehead atoms. The van der Waals surface area contributed by atoms with Crippen LogP contribution in [-0.2, 0) is 23.8 Å². The first-order chi connectivity index (χ1) is 7.57. The van der Waals surface area contributed by atoms with Gasteiger partial charge in [-0.3, -0.25) is 4.79 Å². The number of rotatable bonds is 4. The molecule has 1 rings (SSSR count). The predicted octanol–water partition coefficient (Wildman–Crippen LogP) is 1.32. The number of carbonyl (C=O) groups is 1. The van der Waals surface area contributed by atoms with E-state index in [4.69, 9.17) is 0 Å². The van der Waals surface area contributed by atoms with Crippen molar-refractivity contribution in [1.29, 1.82) is 0 Å². The van der Waals surface area contributed by atoms with Gasteiger partial charge in [0.2, 0.25) is 0 Å². The van der Waals surface area contributed by atoms with Crippen LogP contribution in [0.15, 0.2) is 12.3 Å². The van der Waals surface area contributed by atoms with Crippen molar-refractivity contribution in [3.05, 3.63) is 12.3 Å². The standard InChI is InChI=1S/C8H9F3O5S/c1-5(7(3-4-7)6(12)15-2)16-17(13,14)8(9,10)11/h1,3-4H2,2H3. The number of hydrogen-bond acceptors (Lipinski definition) is 5. The lowest BCUT2D eigenvalue weighted by Crippen LogP contribution is -2.29. The summed E-state index contributed by atoms with van der Waals surface area (Å²) < 4.78 is 65.6. The maximum atomic E-state index is 12.0. The molecular weight excluding hydrogens is 265 g/mol. The van der Waals surface area contributed by atoms with Gasteiger partial charge in [-0.25, -0.2) is 0 Å². The Morgan fingerprint density at radius 2 is 1.82 bits per heavy atom. The summed E-state index contributed by atoms with van der Waals surface area (Å²) in [7, 11) is -4.75. The lowest BCUT2D eigenvalue weighted by Gasteiger charge is -2.17. The molecular formula is C8H9F3O5S. The van der Waals surface area contributed by atoms with Gasteiger partial charge in [0.05, 0.1) is 7.11 Å². The molecule has 1 aliphatic carbocycles. The third kappa shape index (κ3) is 2.38. The van der Waals surface area contributed by atoms with Gasteiger partial charge in [0.1, 0.15) is 11.2 Å². The van der Waals surface area contributed by atoms with E-state index < -0.39 is 32.8 Å². The zero-order valence-electron chi connectivity index (χ0n) is 8.70. The Morgan fingerprint density at radius 1 is 1.35 bits per heavy atom. The summed E-state index contributed by atoms with van der Waals surface area (Å²) in [6.07, 6.45) is 0.289. The van der Waals surface area contributed by atoms with Crippen LogP contribution in [0.2, 0.25) is 0 Å². The minimum absolute atomic E-state index is 0.145. The van der Waals surface area contributed by atoms with E-state index in [1.165, 1.54) is 0 Å². The van der Waals surface area contributed by atoms with E-state index in [2.05, 4.69) is 15.5 Å². The van der Waals surface area contributed by atoms with E-state index in [1.54, 1.807) is 0 Å². The van der Waals surface area contributed by atoms with Gasteiger partial charge in [0, 0.05) is 0 Å². The Hall–Kier alpha value is -1.25. The predicted molar refractivity (Wildman–Crippen MR) is 48.9 cm³/mol. The van der Waals surface area contributed by atoms with E-state index in [-0.39, 0.29) is 12.8 Å². The summed E-state index contributed by atoms with van der Waals surface area (Å²) in [6, 6.07) is 0. The lowest BCUT2D eigenvalue weighted by atomic mass is 10.1. The monoisotopic (exact) mass is 274 g/mol. The van der Waals surface area contributed by atoms with Gasteiger partial charge in [-0.05, 0) is 12.8 Å². The minimum atomic E-state index is -5.79. The Balaban J connectivity index is 2.86. The van der Waals surface area contributed by atoms with Crippen molar-refractivity contribution < 1.29 is 35.3 Å². The van der Waals surface area contributed by atoms with E-state index >= 15 is 0 Å². The molecule has 98 valence electrons. The summed E-state index contributed by atoms with van der Waals surface area (Å²) in [4.78, 5) is 11.2. The van der Waals surface area contributed by atoms with Crippen LogP contribution in [0.3, 0.4) is 0 Å².